The van der Waals surface area contributed by atoms with Gasteiger partial charge in [0, 0.05) is 17.6 Å². The molecule has 3 rings (SSSR count). The van der Waals surface area contributed by atoms with Crippen molar-refractivity contribution in [3.8, 4) is 11.4 Å². The lowest BCUT2D eigenvalue weighted by molar-refractivity contribution is -0.125. The summed E-state index contributed by atoms with van der Waals surface area (Å²) in [6.45, 7) is -0.0483. The molecule has 0 unspecified atom stereocenters. The number of nitrogens with zero attached hydrogens (tertiary/aromatic N) is 3. The van der Waals surface area contributed by atoms with Gasteiger partial charge in [-0.15, -0.1) is 0 Å². The lowest BCUT2D eigenvalue weighted by atomic mass is 10.1. The topological polar surface area (TPSA) is 105 Å². The van der Waals surface area contributed by atoms with Crippen LogP contribution in [-0.2, 0) is 21.4 Å². The number of rotatable bonds is 7. The summed E-state index contributed by atoms with van der Waals surface area (Å²) in [5.41, 5.74) is 1.22. The van der Waals surface area contributed by atoms with Crippen molar-refractivity contribution in [1.29, 1.82) is 0 Å². The summed E-state index contributed by atoms with van der Waals surface area (Å²) in [5, 5.41) is 7.08. The second-order valence-corrected chi connectivity index (χ2v) is 8.81. The zero-order valence-electron chi connectivity index (χ0n) is 15.7. The third-order valence-corrected chi connectivity index (χ3v) is 5.71. The fraction of sp³-hybridized carbons (Fsp3) is 0.211. The van der Waals surface area contributed by atoms with Gasteiger partial charge < -0.3 is 9.84 Å². The van der Waals surface area contributed by atoms with Crippen LogP contribution in [-0.4, -0.2) is 42.1 Å². The molecule has 3 aromatic rings. The molecule has 1 amide bonds. The predicted octanol–water partition coefficient (Wildman–Crippen LogP) is 2.64. The van der Waals surface area contributed by atoms with E-state index in [-0.39, 0.29) is 12.4 Å². The van der Waals surface area contributed by atoms with Gasteiger partial charge in [0.25, 0.3) is 0 Å². The Bertz CT molecular complexity index is 1100. The molecule has 8 nitrogen and oxygen atoms in total. The van der Waals surface area contributed by atoms with E-state index in [0.29, 0.717) is 22.0 Å². The number of aromatic nitrogens is 2. The highest BCUT2D eigenvalue weighted by atomic mass is 35.5. The maximum Gasteiger partial charge on any atom is 0.246 e. The Labute approximate surface area is 173 Å². The standard InChI is InChI=1S/C19H19ClN4O4S/c1-24(29(2,26)27)17(13-7-4-3-5-8-13)19(25)21-12-16-22-18(23-28-16)14-9-6-10-15(20)11-14/h3-11,17H,12H2,1-2H3,(H,21,25)/t17-/m0/s1. The van der Waals surface area contributed by atoms with Crippen molar-refractivity contribution in [1.82, 2.24) is 19.8 Å². The van der Waals surface area contributed by atoms with Gasteiger partial charge in [-0.2, -0.15) is 9.29 Å². The summed E-state index contributed by atoms with van der Waals surface area (Å²) in [6.07, 6.45) is 1.05. The SMILES string of the molecule is CN([C@H](C(=O)NCc1nc(-c2cccc(Cl)c2)no1)c1ccccc1)S(C)(=O)=O. The van der Waals surface area contributed by atoms with Gasteiger partial charge >= 0.3 is 0 Å². The number of carbonyl (C=O) groups excluding carboxylic acids is 1. The van der Waals surface area contributed by atoms with Crippen LogP contribution in [0.3, 0.4) is 0 Å². The minimum absolute atomic E-state index is 0.0483. The van der Waals surface area contributed by atoms with Gasteiger partial charge in [-0.25, -0.2) is 8.42 Å². The van der Waals surface area contributed by atoms with Gasteiger partial charge in [0.15, 0.2) is 0 Å². The van der Waals surface area contributed by atoms with E-state index >= 15 is 0 Å². The van der Waals surface area contributed by atoms with Gasteiger partial charge in [0.2, 0.25) is 27.6 Å². The average molecular weight is 435 g/mol. The van der Waals surface area contributed by atoms with E-state index in [4.69, 9.17) is 16.1 Å². The number of sulfonamides is 1. The highest BCUT2D eigenvalue weighted by Gasteiger charge is 2.30. The Balaban J connectivity index is 1.75. The second kappa shape index (κ2) is 8.73. The molecule has 152 valence electrons. The molecule has 0 saturated heterocycles. The molecule has 1 atom stereocenters. The van der Waals surface area contributed by atoms with Crippen LogP contribution >= 0.6 is 11.6 Å². The first-order valence-corrected chi connectivity index (χ1v) is 10.8. The smallest absolute Gasteiger partial charge is 0.246 e. The van der Waals surface area contributed by atoms with Crippen molar-refractivity contribution >= 4 is 27.5 Å². The molecule has 1 aromatic heterocycles. The Morgan fingerprint density at radius 3 is 2.59 bits per heavy atom. The molecule has 0 fully saturated rings. The molecule has 1 N–H and O–H groups in total. The fourth-order valence-corrected chi connectivity index (χ4v) is 3.47. The maximum absolute atomic E-state index is 12.8. The molecule has 0 bridgehead atoms. The van der Waals surface area contributed by atoms with Crippen LogP contribution in [0, 0.1) is 0 Å². The number of likely N-dealkylation sites (N-methyl/N-ethyl adjacent to an activating group) is 1. The van der Waals surface area contributed by atoms with Crippen LogP contribution in [0.15, 0.2) is 59.1 Å². The summed E-state index contributed by atoms with van der Waals surface area (Å²) in [4.78, 5) is 17.0. The third kappa shape index (κ3) is 5.20. The number of hydrogen-bond donors (Lipinski definition) is 1. The van der Waals surface area contributed by atoms with Crippen molar-refractivity contribution in [3.05, 3.63) is 71.1 Å². The molecule has 2 aromatic carbocycles. The number of hydrogen-bond acceptors (Lipinski definition) is 6. The van der Waals surface area contributed by atoms with Crippen molar-refractivity contribution in [3.63, 3.8) is 0 Å². The van der Waals surface area contributed by atoms with E-state index in [0.717, 1.165) is 10.6 Å². The minimum atomic E-state index is -3.61. The lowest BCUT2D eigenvalue weighted by Gasteiger charge is -2.25. The van der Waals surface area contributed by atoms with Gasteiger partial charge in [-0.05, 0) is 17.7 Å². The molecule has 0 aliphatic heterocycles. The molecule has 0 spiro atoms. The number of halogens is 1. The zero-order valence-corrected chi connectivity index (χ0v) is 17.3. The van der Waals surface area contributed by atoms with Crippen LogP contribution in [0.5, 0.6) is 0 Å². The van der Waals surface area contributed by atoms with Crippen molar-refractivity contribution < 1.29 is 17.7 Å². The first-order chi connectivity index (χ1) is 13.8. The zero-order chi connectivity index (χ0) is 21.0. The van der Waals surface area contributed by atoms with E-state index < -0.39 is 22.0 Å². The highest BCUT2D eigenvalue weighted by Crippen LogP contribution is 2.23. The third-order valence-electron chi connectivity index (χ3n) is 4.22. The van der Waals surface area contributed by atoms with Crippen molar-refractivity contribution in [2.75, 3.05) is 13.3 Å². The van der Waals surface area contributed by atoms with E-state index in [1.54, 1.807) is 54.6 Å². The first kappa shape index (κ1) is 21.0. The quantitative estimate of drug-likeness (QED) is 0.612. The van der Waals surface area contributed by atoms with Gasteiger partial charge in [0.05, 0.1) is 12.8 Å². The molecular weight excluding hydrogens is 416 g/mol. The molecule has 0 radical (unpaired) electrons. The number of carbonyl (C=O) groups is 1. The van der Waals surface area contributed by atoms with E-state index in [9.17, 15) is 13.2 Å². The molecule has 1 heterocycles. The number of nitrogens with one attached hydrogen (secondary N) is 1. The average Bonchev–Trinajstić information content (AvgIpc) is 3.16. The number of benzene rings is 2. The molecule has 29 heavy (non-hydrogen) atoms. The lowest BCUT2D eigenvalue weighted by Crippen LogP contribution is -2.41. The van der Waals surface area contributed by atoms with Crippen molar-refractivity contribution in [2.24, 2.45) is 0 Å². The summed E-state index contributed by atoms with van der Waals surface area (Å²) in [5.74, 6) is 0.0124. The summed E-state index contributed by atoms with van der Waals surface area (Å²) in [6, 6.07) is 14.6. The maximum atomic E-state index is 12.8. The second-order valence-electron chi connectivity index (χ2n) is 6.33. The van der Waals surface area contributed by atoms with Crippen LogP contribution < -0.4 is 5.32 Å². The van der Waals surface area contributed by atoms with E-state index in [1.165, 1.54) is 7.05 Å². The Morgan fingerprint density at radius 2 is 1.93 bits per heavy atom. The fourth-order valence-electron chi connectivity index (χ4n) is 2.68. The van der Waals surface area contributed by atoms with Gasteiger partial charge in [0.1, 0.15) is 6.04 Å². The van der Waals surface area contributed by atoms with Crippen molar-refractivity contribution in [2.45, 2.75) is 12.6 Å². The predicted molar refractivity (Wildman–Crippen MR) is 108 cm³/mol. The highest BCUT2D eigenvalue weighted by molar-refractivity contribution is 7.88. The van der Waals surface area contributed by atoms with Gasteiger partial charge in [-0.3, -0.25) is 4.79 Å². The van der Waals surface area contributed by atoms with Crippen LogP contribution in [0.25, 0.3) is 11.4 Å². The van der Waals surface area contributed by atoms with E-state index in [2.05, 4.69) is 15.5 Å². The molecule has 0 aliphatic carbocycles. The number of amides is 1. The minimum Gasteiger partial charge on any atom is -0.345 e. The molecule has 0 aliphatic rings. The Kier molecular flexibility index (Phi) is 6.31. The van der Waals surface area contributed by atoms with Crippen LogP contribution in [0.4, 0.5) is 0 Å². The van der Waals surface area contributed by atoms with Crippen LogP contribution in [0.2, 0.25) is 5.02 Å². The van der Waals surface area contributed by atoms with E-state index in [1.807, 2.05) is 0 Å². The Morgan fingerprint density at radius 1 is 1.21 bits per heavy atom. The summed E-state index contributed by atoms with van der Waals surface area (Å²) >= 11 is 5.97. The molecule has 0 saturated carbocycles. The largest absolute Gasteiger partial charge is 0.345 e. The normalized spacial score (nSPS) is 12.7. The summed E-state index contributed by atoms with van der Waals surface area (Å²) in [7, 11) is -2.25. The monoisotopic (exact) mass is 434 g/mol. The molecular formula is C19H19ClN4O4S. The summed E-state index contributed by atoms with van der Waals surface area (Å²) < 4.78 is 30.2. The first-order valence-electron chi connectivity index (χ1n) is 8.60. The van der Waals surface area contributed by atoms with Crippen LogP contribution in [0.1, 0.15) is 17.5 Å². The Hall–Kier alpha value is -2.75. The molecule has 10 heteroatoms. The van der Waals surface area contributed by atoms with Gasteiger partial charge in [-0.1, -0.05) is 59.2 Å².